The second-order valence-electron chi connectivity index (χ2n) is 10.3. The van der Waals surface area contributed by atoms with Crippen LogP contribution in [0.2, 0.25) is 5.02 Å². The number of aldehydes is 2. The van der Waals surface area contributed by atoms with Crippen molar-refractivity contribution in [1.82, 2.24) is 14.9 Å². The molecule has 0 radical (unpaired) electrons. The summed E-state index contributed by atoms with van der Waals surface area (Å²) in [5.74, 6) is 6.87. The first-order valence-corrected chi connectivity index (χ1v) is 14.5. The summed E-state index contributed by atoms with van der Waals surface area (Å²) in [7, 11) is 3.99. The van der Waals surface area contributed by atoms with Gasteiger partial charge in [-0.25, -0.2) is 9.97 Å². The van der Waals surface area contributed by atoms with Crippen molar-refractivity contribution < 1.29 is 27.9 Å². The molecule has 1 fully saturated rings. The van der Waals surface area contributed by atoms with E-state index >= 15 is 0 Å². The van der Waals surface area contributed by atoms with Gasteiger partial charge in [-0.1, -0.05) is 29.7 Å². The first-order chi connectivity index (χ1) is 21.7. The molecule has 10 nitrogen and oxygen atoms in total. The van der Waals surface area contributed by atoms with Crippen LogP contribution in [-0.4, -0.2) is 77.6 Å². The molecule has 3 aromatic rings. The van der Waals surface area contributed by atoms with Gasteiger partial charge in [-0.15, -0.1) is 0 Å². The third-order valence-corrected chi connectivity index (χ3v) is 6.99. The normalized spacial score (nSPS) is 13.8. The number of piperidine rings is 1. The zero-order valence-corrected chi connectivity index (χ0v) is 26.6. The molecule has 2 heterocycles. The quantitative estimate of drug-likeness (QED) is 0.138. The number of aromatic nitrogens is 2. The Labute approximate surface area is 271 Å². The Bertz CT molecular complexity index is 1560. The lowest BCUT2D eigenvalue weighted by atomic mass is 10.0. The maximum Gasteiger partial charge on any atom is 0.417 e. The number of carbonyl (C=O) groups is 2. The summed E-state index contributed by atoms with van der Waals surface area (Å²) in [5, 5.41) is 22.6. The monoisotopic (exact) mass is 659 g/mol. The van der Waals surface area contributed by atoms with Gasteiger partial charge in [0, 0.05) is 29.9 Å². The standard InChI is InChI=1S/C21H27N7.C8H4ClF3O.C3H6O2/c1-14-4-6-17(24-2)12-15(14)5-7-18(22)19-20(23)25-13-26-21(19)27-16-8-10-28(3)11-9-16;9-7-2-1-5(4-13)3-6(7)8(10,11)12;1-3(5)2-4/h4,6,12-13,16,22,24H,8-11H2,1-3H3,(H3,23,25,26,27);1-4H;2-3,5H,1H3. The highest BCUT2D eigenvalue weighted by atomic mass is 35.5. The number of aliphatic hydroxyl groups is 1. The largest absolute Gasteiger partial charge is 0.417 e. The number of nitrogens with zero attached hydrogens (tertiary/aromatic N) is 3. The van der Waals surface area contributed by atoms with Gasteiger partial charge in [0.15, 0.2) is 0 Å². The Hall–Kier alpha value is -4.51. The third kappa shape index (κ3) is 11.8. The van der Waals surface area contributed by atoms with Crippen molar-refractivity contribution in [3.05, 3.63) is 75.6 Å². The van der Waals surface area contributed by atoms with Crippen molar-refractivity contribution in [3.63, 3.8) is 0 Å². The van der Waals surface area contributed by atoms with Crippen LogP contribution in [0.5, 0.6) is 0 Å². The number of nitrogens with one attached hydrogen (secondary N) is 3. The fourth-order valence-corrected chi connectivity index (χ4v) is 4.26. The summed E-state index contributed by atoms with van der Waals surface area (Å²) < 4.78 is 36.5. The number of aliphatic hydroxyl groups excluding tert-OH is 1. The summed E-state index contributed by atoms with van der Waals surface area (Å²) in [6.07, 6.45) is -1.03. The molecule has 0 aliphatic carbocycles. The minimum atomic E-state index is -4.52. The number of rotatable bonds is 6. The highest BCUT2D eigenvalue weighted by Crippen LogP contribution is 2.34. The molecule has 0 saturated carbocycles. The van der Waals surface area contributed by atoms with Crippen LogP contribution < -0.4 is 16.4 Å². The molecule has 1 saturated heterocycles. The Morgan fingerprint density at radius 2 is 1.85 bits per heavy atom. The summed E-state index contributed by atoms with van der Waals surface area (Å²) in [4.78, 5) is 30.2. The van der Waals surface area contributed by atoms with Crippen molar-refractivity contribution in [2.75, 3.05) is 43.6 Å². The summed E-state index contributed by atoms with van der Waals surface area (Å²) >= 11 is 5.30. The number of nitrogens with two attached hydrogens (primary N) is 1. The first kappa shape index (κ1) is 37.7. The van der Waals surface area contributed by atoms with Crippen LogP contribution in [-0.2, 0) is 11.0 Å². The van der Waals surface area contributed by atoms with E-state index in [0.717, 1.165) is 54.9 Å². The van der Waals surface area contributed by atoms with Crippen LogP contribution in [0.3, 0.4) is 0 Å². The molecule has 0 spiro atoms. The predicted octanol–water partition coefficient (Wildman–Crippen LogP) is 5.07. The van der Waals surface area contributed by atoms with Crippen molar-refractivity contribution in [2.45, 2.75) is 45.0 Å². The molecule has 6 N–H and O–H groups in total. The number of nitrogen functional groups attached to an aromatic ring is 1. The molecule has 1 unspecified atom stereocenters. The third-order valence-electron chi connectivity index (χ3n) is 6.66. The van der Waals surface area contributed by atoms with Gasteiger partial charge >= 0.3 is 6.18 Å². The van der Waals surface area contributed by atoms with Gasteiger partial charge in [0.25, 0.3) is 0 Å². The summed E-state index contributed by atoms with van der Waals surface area (Å²) in [6, 6.07) is 9.27. The van der Waals surface area contributed by atoms with Crippen LogP contribution >= 0.6 is 11.6 Å². The Morgan fingerprint density at radius 1 is 1.20 bits per heavy atom. The lowest BCUT2D eigenvalue weighted by Crippen LogP contribution is -2.37. The predicted molar refractivity (Wildman–Crippen MR) is 175 cm³/mol. The Morgan fingerprint density at radius 3 is 2.41 bits per heavy atom. The van der Waals surface area contributed by atoms with Crippen molar-refractivity contribution in [1.29, 1.82) is 5.41 Å². The second-order valence-corrected chi connectivity index (χ2v) is 10.7. The highest BCUT2D eigenvalue weighted by molar-refractivity contribution is 6.31. The number of hydrogen-bond acceptors (Lipinski definition) is 10. The van der Waals surface area contributed by atoms with Crippen molar-refractivity contribution >= 4 is 47.2 Å². The van der Waals surface area contributed by atoms with Crippen molar-refractivity contribution in [2.24, 2.45) is 0 Å². The lowest BCUT2D eigenvalue weighted by molar-refractivity contribution is -0.137. The van der Waals surface area contributed by atoms with E-state index in [2.05, 4.69) is 44.4 Å². The number of halogens is 4. The maximum absolute atomic E-state index is 12.2. The van der Waals surface area contributed by atoms with Gasteiger partial charge < -0.3 is 31.2 Å². The Kier molecular flexibility index (Phi) is 14.6. The zero-order chi connectivity index (χ0) is 34.4. The number of anilines is 3. The molecule has 246 valence electrons. The summed E-state index contributed by atoms with van der Waals surface area (Å²) in [5.41, 5.74) is 8.54. The van der Waals surface area contributed by atoms with E-state index in [1.807, 2.05) is 32.2 Å². The van der Waals surface area contributed by atoms with Gasteiger partial charge in [-0.2, -0.15) is 13.2 Å². The van der Waals surface area contributed by atoms with E-state index in [1.165, 1.54) is 19.3 Å². The van der Waals surface area contributed by atoms with Crippen LogP contribution in [0.25, 0.3) is 0 Å². The van der Waals surface area contributed by atoms with Crippen molar-refractivity contribution in [3.8, 4) is 11.8 Å². The molecular weight excluding hydrogens is 623 g/mol. The number of benzene rings is 2. The second kappa shape index (κ2) is 17.8. The molecule has 2 aromatic carbocycles. The van der Waals surface area contributed by atoms with E-state index in [1.54, 1.807) is 0 Å². The van der Waals surface area contributed by atoms with E-state index in [-0.39, 0.29) is 17.1 Å². The van der Waals surface area contributed by atoms with E-state index in [9.17, 15) is 22.8 Å². The molecule has 14 heteroatoms. The molecule has 46 heavy (non-hydrogen) atoms. The van der Waals surface area contributed by atoms with Gasteiger partial charge in [-0.05, 0) is 82.6 Å². The van der Waals surface area contributed by atoms with Gasteiger partial charge in [0.05, 0.1) is 16.1 Å². The smallest absolute Gasteiger partial charge is 0.388 e. The average molecular weight is 660 g/mol. The summed E-state index contributed by atoms with van der Waals surface area (Å²) in [6.45, 7) is 5.48. The Balaban J connectivity index is 0.000000338. The van der Waals surface area contributed by atoms with Crippen LogP contribution in [0.1, 0.15) is 52.4 Å². The molecule has 1 atom stereocenters. The molecule has 1 aliphatic heterocycles. The SMILES string of the molecule is CC(O)C=O.CNc1ccc(C)c(C#CC(=N)c2c(N)ncnc2NC2CCN(C)CC2)c1.O=Cc1ccc(Cl)c(C(F)(F)F)c1. The van der Waals surface area contributed by atoms with Crippen LogP contribution in [0, 0.1) is 24.2 Å². The molecule has 1 aromatic heterocycles. The average Bonchev–Trinajstić information content (AvgIpc) is 3.02. The number of aryl methyl sites for hydroxylation is 1. The molecule has 1 aliphatic rings. The topological polar surface area (TPSA) is 157 Å². The van der Waals surface area contributed by atoms with Crippen LogP contribution in [0.4, 0.5) is 30.5 Å². The van der Waals surface area contributed by atoms with Gasteiger partial charge in [-0.3, -0.25) is 10.2 Å². The van der Waals surface area contributed by atoms with E-state index in [4.69, 9.17) is 27.9 Å². The van der Waals surface area contributed by atoms with E-state index in [0.29, 0.717) is 30.0 Å². The molecule has 0 bridgehead atoms. The van der Waals surface area contributed by atoms with Gasteiger partial charge in [0.1, 0.15) is 42.4 Å². The number of hydrogen-bond donors (Lipinski definition) is 5. The number of likely N-dealkylation sites (tertiary alicyclic amines) is 1. The fraction of sp³-hybridized carbons (Fsp3) is 0.344. The fourth-order valence-electron chi connectivity index (χ4n) is 4.04. The highest BCUT2D eigenvalue weighted by Gasteiger charge is 2.33. The zero-order valence-electron chi connectivity index (χ0n) is 25.9. The van der Waals surface area contributed by atoms with E-state index < -0.39 is 22.9 Å². The number of carbonyl (C=O) groups excluding carboxylic acids is 2. The van der Waals surface area contributed by atoms with Crippen LogP contribution in [0.15, 0.2) is 42.7 Å². The number of alkyl halides is 3. The lowest BCUT2D eigenvalue weighted by Gasteiger charge is -2.30. The molecular formula is C32H37ClF3N7O3. The van der Waals surface area contributed by atoms with Gasteiger partial charge in [0.2, 0.25) is 0 Å². The maximum atomic E-state index is 12.2. The molecule has 0 amide bonds. The molecule has 4 rings (SSSR count). The first-order valence-electron chi connectivity index (χ1n) is 14.1. The minimum Gasteiger partial charge on any atom is -0.388 e. The minimum absolute atomic E-state index is 0.0447.